The van der Waals surface area contributed by atoms with Gasteiger partial charge >= 0.3 is 5.63 Å². The number of benzene rings is 2. The summed E-state index contributed by atoms with van der Waals surface area (Å²) in [5.41, 5.74) is 1.60. The van der Waals surface area contributed by atoms with E-state index >= 15 is 0 Å². The number of aldehydes is 1. The van der Waals surface area contributed by atoms with Gasteiger partial charge in [-0.15, -0.1) is 0 Å². The normalized spacial score (nSPS) is 18.8. The molecule has 8 heteroatoms. The highest BCUT2D eigenvalue weighted by molar-refractivity contribution is 5.84. The van der Waals surface area contributed by atoms with Gasteiger partial charge in [-0.3, -0.25) is 4.79 Å². The Balaban J connectivity index is 0.000000287. The fourth-order valence-corrected chi connectivity index (χ4v) is 4.03. The molecule has 0 spiro atoms. The molecule has 0 aliphatic carbocycles. The van der Waals surface area contributed by atoms with Crippen LogP contribution in [0.5, 0.6) is 11.5 Å². The second-order valence-corrected chi connectivity index (χ2v) is 8.77. The van der Waals surface area contributed by atoms with Crippen LogP contribution in [0, 0.1) is 6.92 Å². The molecule has 1 aliphatic heterocycles. The van der Waals surface area contributed by atoms with Gasteiger partial charge in [0, 0.05) is 37.1 Å². The van der Waals surface area contributed by atoms with Gasteiger partial charge in [0.15, 0.2) is 0 Å². The van der Waals surface area contributed by atoms with Gasteiger partial charge in [0.2, 0.25) is 6.29 Å². The zero-order valence-electron chi connectivity index (χ0n) is 21.0. The molecule has 3 aromatic rings. The van der Waals surface area contributed by atoms with E-state index in [-0.39, 0.29) is 12.4 Å². The van der Waals surface area contributed by atoms with E-state index in [0.717, 1.165) is 35.8 Å². The first-order valence-electron chi connectivity index (χ1n) is 11.4. The van der Waals surface area contributed by atoms with Crippen LogP contribution in [0.3, 0.4) is 0 Å². The predicted molar refractivity (Wildman–Crippen MR) is 135 cm³/mol. The number of ether oxygens (including phenoxy) is 4. The van der Waals surface area contributed by atoms with Crippen molar-refractivity contribution in [1.82, 2.24) is 0 Å². The molecule has 0 bridgehead atoms. The molecule has 1 aromatic heterocycles. The Kier molecular flexibility index (Phi) is 8.53. The molecule has 1 fully saturated rings. The molecule has 1 saturated heterocycles. The SMILES string of the molecule is CNc1cc2ccc(OC3CCC(OC)C(C)(C)O3)c(C)c2oc1=O.COc1ccc(C=O)cc1. The summed E-state index contributed by atoms with van der Waals surface area (Å²) in [4.78, 5) is 22.1. The summed E-state index contributed by atoms with van der Waals surface area (Å²) in [6, 6.07) is 12.5. The van der Waals surface area contributed by atoms with Crippen molar-refractivity contribution in [1.29, 1.82) is 0 Å². The number of hydrogen-bond donors (Lipinski definition) is 1. The molecule has 2 aromatic carbocycles. The van der Waals surface area contributed by atoms with E-state index in [1.54, 1.807) is 51.6 Å². The topological polar surface area (TPSA) is 96.2 Å². The van der Waals surface area contributed by atoms with Crippen LogP contribution in [0.4, 0.5) is 5.69 Å². The van der Waals surface area contributed by atoms with Gasteiger partial charge in [0.1, 0.15) is 29.1 Å². The van der Waals surface area contributed by atoms with Gasteiger partial charge in [0.05, 0.1) is 18.8 Å². The molecule has 188 valence electrons. The molecule has 1 N–H and O–H groups in total. The minimum atomic E-state index is -0.420. The molecule has 35 heavy (non-hydrogen) atoms. The van der Waals surface area contributed by atoms with E-state index in [2.05, 4.69) is 5.32 Å². The molecule has 8 nitrogen and oxygen atoms in total. The summed E-state index contributed by atoms with van der Waals surface area (Å²) in [5.74, 6) is 1.43. The van der Waals surface area contributed by atoms with Gasteiger partial charge in [-0.05, 0) is 69.7 Å². The first-order chi connectivity index (χ1) is 16.7. The van der Waals surface area contributed by atoms with Gasteiger partial charge < -0.3 is 28.7 Å². The molecule has 1 aliphatic rings. The molecule has 2 heterocycles. The van der Waals surface area contributed by atoms with Crippen molar-refractivity contribution < 1.29 is 28.2 Å². The molecule has 4 rings (SSSR count). The number of carbonyl (C=O) groups is 1. The lowest BCUT2D eigenvalue weighted by molar-refractivity contribution is -0.233. The number of fused-ring (bicyclic) bond motifs is 1. The fourth-order valence-electron chi connectivity index (χ4n) is 4.03. The van der Waals surface area contributed by atoms with Crippen molar-refractivity contribution in [3.63, 3.8) is 0 Å². The van der Waals surface area contributed by atoms with Crippen molar-refractivity contribution in [2.75, 3.05) is 26.6 Å². The Morgan fingerprint density at radius 1 is 1.09 bits per heavy atom. The fraction of sp³-hybridized carbons (Fsp3) is 0.407. The highest BCUT2D eigenvalue weighted by atomic mass is 16.7. The first-order valence-corrected chi connectivity index (χ1v) is 11.4. The third kappa shape index (κ3) is 6.21. The number of anilines is 1. The zero-order valence-corrected chi connectivity index (χ0v) is 21.0. The summed E-state index contributed by atoms with van der Waals surface area (Å²) in [7, 11) is 4.99. The Morgan fingerprint density at radius 3 is 2.37 bits per heavy atom. The molecular weight excluding hydrogens is 450 g/mol. The van der Waals surface area contributed by atoms with Crippen molar-refractivity contribution in [3.05, 3.63) is 64.0 Å². The molecular formula is C27H33NO7. The Labute approximate surface area is 205 Å². The second kappa shape index (κ2) is 11.4. The minimum Gasteiger partial charge on any atom is -0.497 e. The van der Waals surface area contributed by atoms with E-state index in [9.17, 15) is 9.59 Å². The van der Waals surface area contributed by atoms with Crippen LogP contribution < -0.4 is 20.4 Å². The largest absolute Gasteiger partial charge is 0.497 e. The van der Waals surface area contributed by atoms with Gasteiger partial charge in [0.25, 0.3) is 0 Å². The summed E-state index contributed by atoms with van der Waals surface area (Å²) < 4.78 is 28.0. The first kappa shape index (κ1) is 26.2. The molecule has 0 radical (unpaired) electrons. The van der Waals surface area contributed by atoms with E-state index in [4.69, 9.17) is 23.4 Å². The maximum absolute atomic E-state index is 12.0. The van der Waals surface area contributed by atoms with Crippen LogP contribution in [-0.4, -0.2) is 45.5 Å². The van der Waals surface area contributed by atoms with Crippen molar-refractivity contribution in [3.8, 4) is 11.5 Å². The Morgan fingerprint density at radius 2 is 1.80 bits per heavy atom. The monoisotopic (exact) mass is 483 g/mol. The van der Waals surface area contributed by atoms with Crippen molar-refractivity contribution in [2.45, 2.75) is 51.6 Å². The summed E-state index contributed by atoms with van der Waals surface area (Å²) in [6.45, 7) is 5.89. The predicted octanol–water partition coefficient (Wildman–Crippen LogP) is 4.96. The van der Waals surface area contributed by atoms with Crippen LogP contribution in [0.15, 0.2) is 51.7 Å². The summed E-state index contributed by atoms with van der Waals surface area (Å²) in [5, 5.41) is 3.68. The van der Waals surface area contributed by atoms with E-state index in [1.165, 1.54) is 0 Å². The van der Waals surface area contributed by atoms with Crippen LogP contribution in [0.1, 0.15) is 42.6 Å². The quantitative estimate of drug-likeness (QED) is 0.388. The van der Waals surface area contributed by atoms with E-state index in [0.29, 0.717) is 22.6 Å². The molecule has 0 saturated carbocycles. The van der Waals surface area contributed by atoms with Gasteiger partial charge in [-0.1, -0.05) is 0 Å². The van der Waals surface area contributed by atoms with E-state index in [1.807, 2.05) is 32.9 Å². The van der Waals surface area contributed by atoms with Gasteiger partial charge in [-0.25, -0.2) is 4.79 Å². The average molecular weight is 484 g/mol. The van der Waals surface area contributed by atoms with Crippen LogP contribution in [0.2, 0.25) is 0 Å². The average Bonchev–Trinajstić information content (AvgIpc) is 2.86. The third-order valence-electron chi connectivity index (χ3n) is 6.04. The lowest BCUT2D eigenvalue weighted by atomic mass is 9.94. The number of methoxy groups -OCH3 is 2. The maximum Gasteiger partial charge on any atom is 0.359 e. The molecule has 2 unspecified atom stereocenters. The summed E-state index contributed by atoms with van der Waals surface area (Å²) in [6.07, 6.45) is 2.09. The number of rotatable bonds is 6. The van der Waals surface area contributed by atoms with Crippen LogP contribution >= 0.6 is 0 Å². The lowest BCUT2D eigenvalue weighted by Gasteiger charge is -2.41. The number of nitrogens with one attached hydrogen (secondary N) is 1. The number of carbonyl (C=O) groups excluding carboxylic acids is 1. The summed E-state index contributed by atoms with van der Waals surface area (Å²) >= 11 is 0. The van der Waals surface area contributed by atoms with Crippen molar-refractivity contribution in [2.24, 2.45) is 0 Å². The van der Waals surface area contributed by atoms with Crippen LogP contribution in [0.25, 0.3) is 11.0 Å². The van der Waals surface area contributed by atoms with E-state index < -0.39 is 11.2 Å². The minimum absolute atomic E-state index is 0.0445. The maximum atomic E-state index is 12.0. The highest BCUT2D eigenvalue weighted by Gasteiger charge is 2.39. The second-order valence-electron chi connectivity index (χ2n) is 8.77. The smallest absolute Gasteiger partial charge is 0.359 e. The third-order valence-corrected chi connectivity index (χ3v) is 6.04. The van der Waals surface area contributed by atoms with Gasteiger partial charge in [-0.2, -0.15) is 0 Å². The molecule has 2 atom stereocenters. The number of hydrogen-bond acceptors (Lipinski definition) is 8. The lowest BCUT2D eigenvalue weighted by Crippen LogP contribution is -2.49. The number of aryl methyl sites for hydroxylation is 1. The Hall–Kier alpha value is -3.36. The zero-order chi connectivity index (χ0) is 25.6. The highest BCUT2D eigenvalue weighted by Crippen LogP contribution is 2.34. The molecule has 0 amide bonds. The standard InChI is InChI=1S/C19H25NO5.C8H8O2/c1-11-14(23-16-9-8-15(22-5)19(2,3)25-16)7-6-12-10-13(20-4)18(21)24-17(11)12;1-10-8-4-2-7(6-9)3-5-8/h6-7,10,15-16,20H,8-9H2,1-5H3;2-6H,1H3. The Bertz CT molecular complexity index is 1200. The van der Waals surface area contributed by atoms with Crippen LogP contribution in [-0.2, 0) is 9.47 Å². The van der Waals surface area contributed by atoms with Crippen molar-refractivity contribution >= 4 is 22.9 Å².